The molecule has 0 bridgehead atoms. The summed E-state index contributed by atoms with van der Waals surface area (Å²) in [5, 5.41) is 8.27. The summed E-state index contributed by atoms with van der Waals surface area (Å²) in [5.74, 6) is 3.84. The van der Waals surface area contributed by atoms with E-state index in [0.29, 0.717) is 5.88 Å². The van der Waals surface area contributed by atoms with Gasteiger partial charge in [0.05, 0.1) is 11.6 Å². The maximum Gasteiger partial charge on any atom is 0.151 e. The van der Waals surface area contributed by atoms with Gasteiger partial charge in [0.1, 0.15) is 0 Å². The predicted molar refractivity (Wildman–Crippen MR) is 65.7 cm³/mol. The van der Waals surface area contributed by atoms with Gasteiger partial charge in [0.2, 0.25) is 0 Å². The van der Waals surface area contributed by atoms with Crippen LogP contribution in [0.5, 0.6) is 0 Å². The quantitative estimate of drug-likeness (QED) is 0.745. The van der Waals surface area contributed by atoms with Gasteiger partial charge < -0.3 is 4.90 Å². The van der Waals surface area contributed by atoms with Crippen LogP contribution in [-0.2, 0) is 5.88 Å². The molecule has 5 heteroatoms. The number of alkyl halides is 1. The van der Waals surface area contributed by atoms with Gasteiger partial charge in [0.15, 0.2) is 5.82 Å². The topological polar surface area (TPSA) is 29.0 Å². The van der Waals surface area contributed by atoms with Gasteiger partial charge in [-0.3, -0.25) is 0 Å². The summed E-state index contributed by atoms with van der Waals surface area (Å²) >= 11 is 7.68. The summed E-state index contributed by atoms with van der Waals surface area (Å²) in [6, 6.07) is 3.97. The number of halogens is 1. The third-order valence-electron chi connectivity index (χ3n) is 2.39. The summed E-state index contributed by atoms with van der Waals surface area (Å²) in [6.45, 7) is 2.15. The number of anilines is 1. The van der Waals surface area contributed by atoms with E-state index >= 15 is 0 Å². The molecule has 0 N–H and O–H groups in total. The molecule has 1 aliphatic rings. The minimum absolute atomic E-state index is 0.434. The zero-order chi connectivity index (χ0) is 10.5. The highest BCUT2D eigenvalue weighted by atomic mass is 35.5. The molecule has 0 unspecified atom stereocenters. The SMILES string of the molecule is ClCc1ccc(N2CCCSCC2)nn1. The van der Waals surface area contributed by atoms with E-state index in [0.717, 1.165) is 24.6 Å². The predicted octanol–water partition coefficient (Wildman–Crippen LogP) is 2.16. The lowest BCUT2D eigenvalue weighted by molar-refractivity contribution is 0.783. The van der Waals surface area contributed by atoms with Crippen molar-refractivity contribution in [3.8, 4) is 0 Å². The molecule has 0 radical (unpaired) electrons. The fraction of sp³-hybridized carbons (Fsp3) is 0.600. The average Bonchev–Trinajstić information content (AvgIpc) is 2.58. The lowest BCUT2D eigenvalue weighted by Crippen LogP contribution is -2.26. The normalized spacial score (nSPS) is 17.5. The van der Waals surface area contributed by atoms with Crippen LogP contribution in [0.3, 0.4) is 0 Å². The van der Waals surface area contributed by atoms with Crippen LogP contribution in [0.4, 0.5) is 5.82 Å². The van der Waals surface area contributed by atoms with Gasteiger partial charge >= 0.3 is 0 Å². The molecule has 2 heterocycles. The molecule has 1 aromatic rings. The van der Waals surface area contributed by atoms with Gasteiger partial charge in [0, 0.05) is 18.8 Å². The zero-order valence-electron chi connectivity index (χ0n) is 8.53. The van der Waals surface area contributed by atoms with Gasteiger partial charge in [-0.15, -0.1) is 16.7 Å². The average molecular weight is 244 g/mol. The Labute approximate surface area is 99.2 Å². The minimum Gasteiger partial charge on any atom is -0.354 e. The number of hydrogen-bond acceptors (Lipinski definition) is 4. The summed E-state index contributed by atoms with van der Waals surface area (Å²) in [7, 11) is 0. The van der Waals surface area contributed by atoms with Crippen LogP contribution in [0.2, 0.25) is 0 Å². The molecule has 3 nitrogen and oxygen atoms in total. The van der Waals surface area contributed by atoms with Crippen molar-refractivity contribution in [1.29, 1.82) is 0 Å². The Kier molecular flexibility index (Phi) is 4.09. The third-order valence-corrected chi connectivity index (χ3v) is 3.71. The second-order valence-electron chi connectivity index (χ2n) is 3.47. The molecule has 0 atom stereocenters. The first kappa shape index (κ1) is 11.0. The highest BCUT2D eigenvalue weighted by molar-refractivity contribution is 7.99. The first-order valence-corrected chi connectivity index (χ1v) is 6.80. The molecule has 1 saturated heterocycles. The van der Waals surface area contributed by atoms with Crippen LogP contribution in [0.25, 0.3) is 0 Å². The van der Waals surface area contributed by atoms with E-state index in [1.807, 2.05) is 23.9 Å². The maximum absolute atomic E-state index is 5.67. The largest absolute Gasteiger partial charge is 0.354 e. The van der Waals surface area contributed by atoms with E-state index in [4.69, 9.17) is 11.6 Å². The van der Waals surface area contributed by atoms with Crippen LogP contribution in [0, 0.1) is 0 Å². The first-order chi connectivity index (χ1) is 7.40. The molecule has 1 aliphatic heterocycles. The molecule has 0 aromatic carbocycles. The number of thioether (sulfide) groups is 1. The van der Waals surface area contributed by atoms with Crippen molar-refractivity contribution >= 4 is 29.2 Å². The Morgan fingerprint density at radius 3 is 2.93 bits per heavy atom. The van der Waals surface area contributed by atoms with E-state index < -0.39 is 0 Å². The van der Waals surface area contributed by atoms with Crippen molar-refractivity contribution in [3.05, 3.63) is 17.8 Å². The number of aromatic nitrogens is 2. The molecule has 1 fully saturated rings. The van der Waals surface area contributed by atoms with Gasteiger partial charge in [0.25, 0.3) is 0 Å². The van der Waals surface area contributed by atoms with Crippen molar-refractivity contribution < 1.29 is 0 Å². The van der Waals surface area contributed by atoms with Crippen molar-refractivity contribution in [2.24, 2.45) is 0 Å². The van der Waals surface area contributed by atoms with Crippen molar-refractivity contribution in [2.45, 2.75) is 12.3 Å². The first-order valence-electron chi connectivity index (χ1n) is 5.11. The Balaban J connectivity index is 2.06. The molecule has 1 aromatic heterocycles. The Hall–Kier alpha value is -0.480. The monoisotopic (exact) mass is 243 g/mol. The summed E-state index contributed by atoms with van der Waals surface area (Å²) in [4.78, 5) is 2.30. The third kappa shape index (κ3) is 2.98. The second kappa shape index (κ2) is 5.56. The van der Waals surface area contributed by atoms with Crippen LogP contribution < -0.4 is 4.90 Å². The van der Waals surface area contributed by atoms with E-state index in [9.17, 15) is 0 Å². The smallest absolute Gasteiger partial charge is 0.151 e. The number of hydrogen-bond donors (Lipinski definition) is 0. The highest BCUT2D eigenvalue weighted by Crippen LogP contribution is 2.16. The minimum atomic E-state index is 0.434. The van der Waals surface area contributed by atoms with Gasteiger partial charge in [-0.1, -0.05) is 0 Å². The molecule has 2 rings (SSSR count). The number of rotatable bonds is 2. The Morgan fingerprint density at radius 2 is 2.20 bits per heavy atom. The summed E-state index contributed by atoms with van der Waals surface area (Å²) in [5.41, 5.74) is 0.838. The zero-order valence-corrected chi connectivity index (χ0v) is 10.1. The van der Waals surface area contributed by atoms with Crippen molar-refractivity contribution in [3.63, 3.8) is 0 Å². The van der Waals surface area contributed by atoms with Crippen LogP contribution >= 0.6 is 23.4 Å². The summed E-state index contributed by atoms with van der Waals surface area (Å²) in [6.07, 6.45) is 1.23. The Morgan fingerprint density at radius 1 is 1.27 bits per heavy atom. The molecule has 82 valence electrons. The fourth-order valence-corrected chi connectivity index (χ4v) is 2.60. The van der Waals surface area contributed by atoms with Crippen LogP contribution in [0.15, 0.2) is 12.1 Å². The molecule has 0 aliphatic carbocycles. The van der Waals surface area contributed by atoms with E-state index in [1.165, 1.54) is 17.9 Å². The molecule has 0 spiro atoms. The van der Waals surface area contributed by atoms with Crippen LogP contribution in [-0.4, -0.2) is 34.8 Å². The Bertz CT molecular complexity index is 296. The molecule has 0 saturated carbocycles. The lowest BCUT2D eigenvalue weighted by Gasteiger charge is -2.20. The molecular weight excluding hydrogens is 230 g/mol. The molecule has 15 heavy (non-hydrogen) atoms. The van der Waals surface area contributed by atoms with Gasteiger partial charge in [-0.25, -0.2) is 0 Å². The molecular formula is C10H14ClN3S. The fourth-order valence-electron chi connectivity index (χ4n) is 1.57. The van der Waals surface area contributed by atoms with Crippen molar-refractivity contribution in [2.75, 3.05) is 29.5 Å². The van der Waals surface area contributed by atoms with E-state index in [2.05, 4.69) is 15.1 Å². The summed E-state index contributed by atoms with van der Waals surface area (Å²) < 4.78 is 0. The van der Waals surface area contributed by atoms with E-state index in [-0.39, 0.29) is 0 Å². The second-order valence-corrected chi connectivity index (χ2v) is 4.96. The standard InChI is InChI=1S/C10H14ClN3S/c11-8-9-2-3-10(13-12-9)14-4-1-6-15-7-5-14/h2-3H,1,4-8H2. The maximum atomic E-state index is 5.67. The van der Waals surface area contributed by atoms with E-state index in [1.54, 1.807) is 0 Å². The highest BCUT2D eigenvalue weighted by Gasteiger charge is 2.11. The van der Waals surface area contributed by atoms with Gasteiger partial charge in [-0.05, 0) is 24.3 Å². The van der Waals surface area contributed by atoms with Crippen molar-refractivity contribution in [1.82, 2.24) is 10.2 Å². The van der Waals surface area contributed by atoms with Gasteiger partial charge in [-0.2, -0.15) is 16.9 Å². The number of nitrogens with zero attached hydrogens (tertiary/aromatic N) is 3. The van der Waals surface area contributed by atoms with Crippen LogP contribution in [0.1, 0.15) is 12.1 Å². The molecule has 0 amide bonds. The lowest BCUT2D eigenvalue weighted by atomic mass is 10.3.